The fraction of sp³-hybridized carbons (Fsp3) is 0.389. The van der Waals surface area contributed by atoms with Gasteiger partial charge < -0.3 is 5.32 Å². The van der Waals surface area contributed by atoms with Gasteiger partial charge in [0.2, 0.25) is 0 Å². The maximum absolute atomic E-state index is 12.4. The van der Waals surface area contributed by atoms with E-state index in [9.17, 15) is 9.59 Å². The quantitative estimate of drug-likeness (QED) is 0.829. The minimum Gasteiger partial charge on any atom is -0.326 e. The van der Waals surface area contributed by atoms with E-state index in [0.29, 0.717) is 12.2 Å². The van der Waals surface area contributed by atoms with Gasteiger partial charge in [-0.3, -0.25) is 14.4 Å². The van der Waals surface area contributed by atoms with Crippen molar-refractivity contribution in [2.45, 2.75) is 39.4 Å². The summed E-state index contributed by atoms with van der Waals surface area (Å²) >= 11 is 0. The highest BCUT2D eigenvalue weighted by atomic mass is 16.2. The lowest BCUT2D eigenvalue weighted by Gasteiger charge is -2.15. The molecule has 6 heteroatoms. The fourth-order valence-corrected chi connectivity index (χ4v) is 2.82. The lowest BCUT2D eigenvalue weighted by Crippen LogP contribution is -2.35. The Labute approximate surface area is 141 Å². The maximum Gasteiger partial charge on any atom is 0.325 e. The molecule has 1 fully saturated rings. The minimum absolute atomic E-state index is 0.127. The van der Waals surface area contributed by atoms with E-state index in [1.165, 1.54) is 4.90 Å². The molecular weight excluding hydrogens is 304 g/mol. The van der Waals surface area contributed by atoms with Crippen molar-refractivity contribution in [2.24, 2.45) is 5.92 Å². The summed E-state index contributed by atoms with van der Waals surface area (Å²) in [6.07, 6.45) is 2.71. The summed E-state index contributed by atoms with van der Waals surface area (Å²) in [5, 5.41) is 7.24. The Hall–Kier alpha value is -2.63. The number of hydrogen-bond donors (Lipinski definition) is 1. The Kier molecular flexibility index (Phi) is 4.64. The summed E-state index contributed by atoms with van der Waals surface area (Å²) in [4.78, 5) is 25.8. The van der Waals surface area contributed by atoms with Crippen molar-refractivity contribution in [3.63, 3.8) is 0 Å². The van der Waals surface area contributed by atoms with Gasteiger partial charge in [0, 0.05) is 6.20 Å². The van der Waals surface area contributed by atoms with Gasteiger partial charge in [-0.2, -0.15) is 5.10 Å². The number of aromatic nitrogens is 2. The van der Waals surface area contributed by atoms with Crippen molar-refractivity contribution >= 4 is 11.9 Å². The second kappa shape index (κ2) is 6.86. The van der Waals surface area contributed by atoms with Crippen molar-refractivity contribution in [3.8, 4) is 0 Å². The lowest BCUT2D eigenvalue weighted by molar-refractivity contribution is -0.128. The van der Waals surface area contributed by atoms with Crippen molar-refractivity contribution in [1.29, 1.82) is 0 Å². The molecule has 0 spiro atoms. The van der Waals surface area contributed by atoms with Gasteiger partial charge in [0.15, 0.2) is 0 Å². The van der Waals surface area contributed by atoms with Gasteiger partial charge in [-0.05, 0) is 17.5 Å². The van der Waals surface area contributed by atoms with E-state index in [-0.39, 0.29) is 24.4 Å². The summed E-state index contributed by atoms with van der Waals surface area (Å²) in [5.74, 6) is -0.0333. The Morgan fingerprint density at radius 3 is 2.62 bits per heavy atom. The number of carbonyl (C=O) groups is 2. The molecule has 0 unspecified atom stereocenters. The molecule has 3 amide bonds. The van der Waals surface area contributed by atoms with E-state index in [2.05, 4.69) is 10.4 Å². The predicted octanol–water partition coefficient (Wildman–Crippen LogP) is 2.40. The molecule has 3 rings (SSSR count). The predicted molar refractivity (Wildman–Crippen MR) is 90.1 cm³/mol. The molecule has 1 N–H and O–H groups in total. The topological polar surface area (TPSA) is 67.2 Å². The van der Waals surface area contributed by atoms with Crippen molar-refractivity contribution in [2.75, 3.05) is 0 Å². The average molecular weight is 326 g/mol. The monoisotopic (exact) mass is 326 g/mol. The third-order valence-electron chi connectivity index (χ3n) is 4.47. The molecule has 0 saturated carbocycles. The molecule has 1 aromatic heterocycles. The van der Waals surface area contributed by atoms with Gasteiger partial charge in [0.1, 0.15) is 6.04 Å². The van der Waals surface area contributed by atoms with Gasteiger partial charge in [0.25, 0.3) is 5.91 Å². The van der Waals surface area contributed by atoms with Crippen LogP contribution < -0.4 is 5.32 Å². The third-order valence-corrected chi connectivity index (χ3v) is 4.47. The molecule has 1 saturated heterocycles. The van der Waals surface area contributed by atoms with Crippen LogP contribution in [0.25, 0.3) is 0 Å². The Morgan fingerprint density at radius 1 is 1.17 bits per heavy atom. The van der Waals surface area contributed by atoms with Crippen LogP contribution in [-0.4, -0.2) is 32.7 Å². The Bertz CT molecular complexity index is 726. The lowest BCUT2D eigenvalue weighted by atomic mass is 9.99. The zero-order chi connectivity index (χ0) is 17.1. The normalized spacial score (nSPS) is 18.8. The van der Waals surface area contributed by atoms with E-state index in [4.69, 9.17) is 0 Å². The number of carbonyl (C=O) groups excluding carboxylic acids is 2. The van der Waals surface area contributed by atoms with Crippen LogP contribution in [0.1, 0.15) is 31.5 Å². The highest BCUT2D eigenvalue weighted by molar-refractivity contribution is 6.04. The van der Waals surface area contributed by atoms with Gasteiger partial charge in [0.05, 0.1) is 18.8 Å². The second-order valence-electron chi connectivity index (χ2n) is 6.23. The summed E-state index contributed by atoms with van der Waals surface area (Å²) in [7, 11) is 0. The molecule has 6 nitrogen and oxygen atoms in total. The van der Waals surface area contributed by atoms with Crippen molar-refractivity contribution in [1.82, 2.24) is 20.0 Å². The average Bonchev–Trinajstić information content (AvgIpc) is 3.14. The first-order valence-corrected chi connectivity index (χ1v) is 8.26. The molecule has 126 valence electrons. The molecule has 1 aromatic carbocycles. The number of urea groups is 1. The number of nitrogens with one attached hydrogen (secondary N) is 1. The molecule has 0 bridgehead atoms. The van der Waals surface area contributed by atoms with Gasteiger partial charge in [-0.25, -0.2) is 4.79 Å². The summed E-state index contributed by atoms with van der Waals surface area (Å²) in [6.45, 7) is 4.86. The van der Waals surface area contributed by atoms with Crippen LogP contribution in [0.2, 0.25) is 0 Å². The Balaban J connectivity index is 1.66. The molecule has 1 aliphatic heterocycles. The second-order valence-corrected chi connectivity index (χ2v) is 6.23. The van der Waals surface area contributed by atoms with E-state index in [0.717, 1.165) is 12.0 Å². The van der Waals surface area contributed by atoms with Crippen LogP contribution >= 0.6 is 0 Å². The first-order valence-electron chi connectivity index (χ1n) is 8.26. The zero-order valence-corrected chi connectivity index (χ0v) is 14.0. The van der Waals surface area contributed by atoms with E-state index in [1.807, 2.05) is 61.1 Å². The molecule has 0 radical (unpaired) electrons. The molecule has 24 heavy (non-hydrogen) atoms. The maximum atomic E-state index is 12.4. The summed E-state index contributed by atoms with van der Waals surface area (Å²) in [6, 6.07) is 11.1. The van der Waals surface area contributed by atoms with Crippen LogP contribution in [0.3, 0.4) is 0 Å². The standard InChI is InChI=1S/C18H22N4O2/c1-3-13(2)16-17(23)22(18(24)19-16)12-15-9-10-21(20-15)11-14-7-5-4-6-8-14/h4-10,13,16H,3,11-12H2,1-2H3,(H,19,24)/t13-,16-/m0/s1. The third kappa shape index (κ3) is 3.32. The van der Waals surface area contributed by atoms with Crippen molar-refractivity contribution < 1.29 is 9.59 Å². The Morgan fingerprint density at radius 2 is 1.92 bits per heavy atom. The number of imide groups is 1. The number of nitrogens with zero attached hydrogens (tertiary/aromatic N) is 3. The van der Waals surface area contributed by atoms with Crippen LogP contribution in [-0.2, 0) is 17.9 Å². The number of hydrogen-bond acceptors (Lipinski definition) is 3. The van der Waals surface area contributed by atoms with Crippen molar-refractivity contribution in [3.05, 3.63) is 53.9 Å². The molecule has 2 atom stereocenters. The zero-order valence-electron chi connectivity index (χ0n) is 14.0. The number of benzene rings is 1. The number of rotatable bonds is 6. The minimum atomic E-state index is -0.422. The summed E-state index contributed by atoms with van der Waals surface area (Å²) in [5.41, 5.74) is 1.86. The van der Waals surface area contributed by atoms with Crippen LogP contribution in [0.15, 0.2) is 42.6 Å². The molecule has 1 aliphatic rings. The molecule has 2 heterocycles. The fourth-order valence-electron chi connectivity index (χ4n) is 2.82. The van der Waals surface area contributed by atoms with Crippen LogP contribution in [0.4, 0.5) is 4.79 Å². The van der Waals surface area contributed by atoms with Gasteiger partial charge >= 0.3 is 6.03 Å². The largest absolute Gasteiger partial charge is 0.326 e. The SMILES string of the molecule is CC[C@H](C)[C@@H]1NC(=O)N(Cc2ccn(Cc3ccccc3)n2)C1=O. The van der Waals surface area contributed by atoms with Crippen LogP contribution in [0, 0.1) is 5.92 Å². The van der Waals surface area contributed by atoms with Crippen LogP contribution in [0.5, 0.6) is 0 Å². The molecule has 2 aromatic rings. The van der Waals surface area contributed by atoms with E-state index >= 15 is 0 Å². The first kappa shape index (κ1) is 16.2. The first-order chi connectivity index (χ1) is 11.6. The smallest absolute Gasteiger partial charge is 0.325 e. The van der Waals surface area contributed by atoms with E-state index < -0.39 is 6.04 Å². The van der Waals surface area contributed by atoms with Gasteiger partial charge in [-0.1, -0.05) is 50.6 Å². The highest BCUT2D eigenvalue weighted by Gasteiger charge is 2.40. The molecule has 0 aliphatic carbocycles. The molecular formula is C18H22N4O2. The summed E-state index contributed by atoms with van der Waals surface area (Å²) < 4.78 is 1.81. The van der Waals surface area contributed by atoms with Gasteiger partial charge in [-0.15, -0.1) is 0 Å². The number of amides is 3. The van der Waals surface area contributed by atoms with E-state index in [1.54, 1.807) is 0 Å². The highest BCUT2D eigenvalue weighted by Crippen LogP contribution is 2.18.